The molecule has 0 aliphatic rings. The molecule has 0 fully saturated rings. The number of carbonyl (C=O) groups is 1. The molecular formula is C21H15F4N5O2. The number of nitrogens with zero attached hydrogens (tertiary/aromatic N) is 4. The van der Waals surface area contributed by atoms with Crippen LogP contribution in [0.25, 0.3) is 28.2 Å². The minimum atomic E-state index is -4.52. The number of alkyl halides is 3. The van der Waals surface area contributed by atoms with Gasteiger partial charge in [0.25, 0.3) is 5.91 Å². The van der Waals surface area contributed by atoms with Gasteiger partial charge in [-0.1, -0.05) is 12.1 Å². The number of hydrogen-bond donors (Lipinski definition) is 1. The molecule has 2 aromatic carbocycles. The summed E-state index contributed by atoms with van der Waals surface area (Å²) in [6, 6.07) is 9.07. The van der Waals surface area contributed by atoms with Gasteiger partial charge in [-0.3, -0.25) is 9.36 Å². The van der Waals surface area contributed by atoms with E-state index in [-0.39, 0.29) is 40.5 Å². The average Bonchev–Trinajstić information content (AvgIpc) is 3.04. The van der Waals surface area contributed by atoms with E-state index in [1.807, 2.05) is 0 Å². The van der Waals surface area contributed by atoms with Crippen molar-refractivity contribution in [2.24, 2.45) is 5.73 Å². The zero-order valence-corrected chi connectivity index (χ0v) is 16.5. The average molecular weight is 445 g/mol. The van der Waals surface area contributed by atoms with Gasteiger partial charge in [-0.25, -0.2) is 23.7 Å². The van der Waals surface area contributed by atoms with Crippen molar-refractivity contribution in [3.63, 3.8) is 0 Å². The van der Waals surface area contributed by atoms with Crippen molar-refractivity contribution in [2.45, 2.75) is 19.6 Å². The second-order valence-electron chi connectivity index (χ2n) is 6.85. The molecule has 0 radical (unpaired) electrons. The molecule has 4 aromatic rings. The van der Waals surface area contributed by atoms with Crippen molar-refractivity contribution in [1.82, 2.24) is 19.1 Å². The van der Waals surface area contributed by atoms with E-state index in [9.17, 15) is 27.2 Å². The first-order valence-electron chi connectivity index (χ1n) is 9.38. The van der Waals surface area contributed by atoms with Crippen molar-refractivity contribution >= 4 is 17.1 Å². The molecule has 0 atom stereocenters. The summed E-state index contributed by atoms with van der Waals surface area (Å²) in [4.78, 5) is 33.7. The zero-order chi connectivity index (χ0) is 23.2. The lowest BCUT2D eigenvalue weighted by atomic mass is 10.1. The van der Waals surface area contributed by atoms with Gasteiger partial charge in [0.15, 0.2) is 17.2 Å². The fourth-order valence-corrected chi connectivity index (χ4v) is 3.38. The Morgan fingerprint density at radius 1 is 1.03 bits per heavy atom. The SMILES string of the molecule is CCn1c(=O)n(-c2ccc(F)cc2)c2nc(-c3ccc(C(F)(F)F)cc3)nc(C(N)=O)c21. The van der Waals surface area contributed by atoms with E-state index < -0.39 is 29.2 Å². The first-order valence-corrected chi connectivity index (χ1v) is 9.38. The number of nitrogens with two attached hydrogens (primary N) is 1. The highest BCUT2D eigenvalue weighted by Crippen LogP contribution is 2.31. The van der Waals surface area contributed by atoms with Crippen LogP contribution in [-0.4, -0.2) is 25.0 Å². The molecule has 0 aliphatic carbocycles. The minimum absolute atomic E-state index is 0.0159. The number of carbonyl (C=O) groups excluding carboxylic acids is 1. The van der Waals surface area contributed by atoms with E-state index in [0.717, 1.165) is 36.4 Å². The standard InChI is InChI=1S/C21H15F4N5O2/c1-2-29-16-15(17(26)31)27-18(11-3-5-12(6-4-11)21(23,24)25)28-19(16)30(20(29)32)14-9-7-13(22)8-10-14/h3-10H,2H2,1H3,(H2,26,31). The van der Waals surface area contributed by atoms with Crippen LogP contribution in [0.15, 0.2) is 53.3 Å². The molecule has 0 saturated heterocycles. The zero-order valence-electron chi connectivity index (χ0n) is 16.5. The van der Waals surface area contributed by atoms with E-state index in [0.29, 0.717) is 0 Å². The van der Waals surface area contributed by atoms with Crippen molar-refractivity contribution in [1.29, 1.82) is 0 Å². The summed E-state index contributed by atoms with van der Waals surface area (Å²) in [5.74, 6) is -1.55. The lowest BCUT2D eigenvalue weighted by molar-refractivity contribution is -0.137. The van der Waals surface area contributed by atoms with Crippen LogP contribution < -0.4 is 11.4 Å². The van der Waals surface area contributed by atoms with Crippen LogP contribution in [0, 0.1) is 5.82 Å². The number of halogens is 4. The number of imidazole rings is 1. The molecular weight excluding hydrogens is 430 g/mol. The van der Waals surface area contributed by atoms with E-state index >= 15 is 0 Å². The van der Waals surface area contributed by atoms with Gasteiger partial charge < -0.3 is 5.73 Å². The molecule has 0 saturated carbocycles. The first-order chi connectivity index (χ1) is 15.1. The van der Waals surface area contributed by atoms with Crippen LogP contribution in [-0.2, 0) is 12.7 Å². The number of hydrogen-bond acceptors (Lipinski definition) is 4. The van der Waals surface area contributed by atoms with E-state index in [1.54, 1.807) is 6.92 Å². The quantitative estimate of drug-likeness (QED) is 0.486. The van der Waals surface area contributed by atoms with Gasteiger partial charge >= 0.3 is 11.9 Å². The van der Waals surface area contributed by atoms with Gasteiger partial charge in [0.2, 0.25) is 0 Å². The fourth-order valence-electron chi connectivity index (χ4n) is 3.38. The summed E-state index contributed by atoms with van der Waals surface area (Å²) >= 11 is 0. The highest BCUT2D eigenvalue weighted by Gasteiger charge is 2.30. The highest BCUT2D eigenvalue weighted by molar-refractivity contribution is 6.02. The van der Waals surface area contributed by atoms with Gasteiger partial charge in [-0.15, -0.1) is 0 Å². The lowest BCUT2D eigenvalue weighted by Gasteiger charge is -2.09. The summed E-state index contributed by atoms with van der Waals surface area (Å²) in [7, 11) is 0. The molecule has 2 heterocycles. The Labute approximate surface area is 177 Å². The van der Waals surface area contributed by atoms with Crippen LogP contribution in [0.2, 0.25) is 0 Å². The summed E-state index contributed by atoms with van der Waals surface area (Å²) in [5, 5.41) is 0. The monoisotopic (exact) mass is 445 g/mol. The Balaban J connectivity index is 2.03. The maximum atomic E-state index is 13.4. The second-order valence-corrected chi connectivity index (χ2v) is 6.85. The maximum Gasteiger partial charge on any atom is 0.416 e. The van der Waals surface area contributed by atoms with Crippen molar-refractivity contribution in [2.75, 3.05) is 0 Å². The molecule has 0 spiro atoms. The van der Waals surface area contributed by atoms with E-state index in [1.165, 1.54) is 21.3 Å². The summed E-state index contributed by atoms with van der Waals surface area (Å²) in [6.45, 7) is 1.83. The van der Waals surface area contributed by atoms with Crippen LogP contribution in [0.3, 0.4) is 0 Å². The predicted octanol–water partition coefficient (Wildman–Crippen LogP) is 3.53. The molecule has 11 heteroatoms. The Hall–Kier alpha value is -4.02. The largest absolute Gasteiger partial charge is 0.416 e. The number of primary amides is 1. The van der Waals surface area contributed by atoms with Gasteiger partial charge in [0.05, 0.1) is 11.3 Å². The summed E-state index contributed by atoms with van der Waals surface area (Å²) < 4.78 is 54.5. The Bertz CT molecular complexity index is 1390. The summed E-state index contributed by atoms with van der Waals surface area (Å²) in [6.07, 6.45) is -4.52. The number of fused-ring (bicyclic) bond motifs is 1. The Morgan fingerprint density at radius 2 is 1.66 bits per heavy atom. The van der Waals surface area contributed by atoms with Gasteiger partial charge in [-0.05, 0) is 43.3 Å². The first kappa shape index (κ1) is 21.2. The van der Waals surface area contributed by atoms with Crippen LogP contribution in [0.1, 0.15) is 23.0 Å². The topological polar surface area (TPSA) is 95.8 Å². The number of benzene rings is 2. The van der Waals surface area contributed by atoms with Crippen molar-refractivity contribution in [3.05, 3.63) is 76.1 Å². The summed E-state index contributed by atoms with van der Waals surface area (Å²) in [5.41, 5.74) is 4.37. The minimum Gasteiger partial charge on any atom is -0.364 e. The third kappa shape index (κ3) is 3.51. The molecule has 2 N–H and O–H groups in total. The highest BCUT2D eigenvalue weighted by atomic mass is 19.4. The Kier molecular flexibility index (Phi) is 5.03. The maximum absolute atomic E-state index is 13.4. The number of aryl methyl sites for hydroxylation is 1. The molecule has 2 aromatic heterocycles. The number of rotatable bonds is 4. The van der Waals surface area contributed by atoms with Gasteiger partial charge in [0.1, 0.15) is 11.3 Å². The molecule has 0 aliphatic heterocycles. The van der Waals surface area contributed by atoms with Crippen LogP contribution in [0.4, 0.5) is 17.6 Å². The van der Waals surface area contributed by atoms with E-state index in [4.69, 9.17) is 5.73 Å². The van der Waals surface area contributed by atoms with E-state index in [2.05, 4.69) is 9.97 Å². The lowest BCUT2D eigenvalue weighted by Crippen LogP contribution is -2.23. The number of amides is 1. The molecule has 0 bridgehead atoms. The predicted molar refractivity (Wildman–Crippen MR) is 108 cm³/mol. The molecule has 4 rings (SSSR count). The van der Waals surface area contributed by atoms with Crippen LogP contribution in [0.5, 0.6) is 0 Å². The van der Waals surface area contributed by atoms with Crippen molar-refractivity contribution in [3.8, 4) is 17.1 Å². The molecule has 7 nitrogen and oxygen atoms in total. The van der Waals surface area contributed by atoms with Crippen molar-refractivity contribution < 1.29 is 22.4 Å². The van der Waals surface area contributed by atoms with Crippen LogP contribution >= 0.6 is 0 Å². The fraction of sp³-hybridized carbons (Fsp3) is 0.143. The Morgan fingerprint density at radius 3 is 2.19 bits per heavy atom. The molecule has 164 valence electrons. The molecule has 1 amide bonds. The molecule has 0 unspecified atom stereocenters. The van der Waals surface area contributed by atoms with Gasteiger partial charge in [-0.2, -0.15) is 13.2 Å². The third-order valence-corrected chi connectivity index (χ3v) is 4.87. The second kappa shape index (κ2) is 7.59. The smallest absolute Gasteiger partial charge is 0.364 e. The normalized spacial score (nSPS) is 11.8. The third-order valence-electron chi connectivity index (χ3n) is 4.87. The van der Waals surface area contributed by atoms with Gasteiger partial charge in [0, 0.05) is 12.1 Å². The number of aromatic nitrogens is 4. The molecule has 32 heavy (non-hydrogen) atoms.